The maximum Gasteiger partial charge on any atom is 0.430 e. The molecule has 3 rings (SSSR count). The van der Waals surface area contributed by atoms with Crippen LogP contribution in [0.5, 0.6) is 17.2 Å². The molecule has 0 saturated heterocycles. The fourth-order valence-corrected chi connectivity index (χ4v) is 2.59. The fraction of sp³-hybridized carbons (Fsp3) is 0.211. The zero-order valence-electron chi connectivity index (χ0n) is 13.9. The average Bonchev–Trinajstić information content (AvgIpc) is 2.56. The van der Waals surface area contributed by atoms with Gasteiger partial charge >= 0.3 is 12.1 Å². The molecule has 26 heavy (non-hydrogen) atoms. The average molecular weight is 364 g/mol. The molecule has 0 saturated carbocycles. The van der Waals surface area contributed by atoms with E-state index in [-0.39, 0.29) is 11.3 Å². The number of rotatable bonds is 3. The summed E-state index contributed by atoms with van der Waals surface area (Å²) in [7, 11) is 0. The van der Waals surface area contributed by atoms with E-state index in [0.717, 1.165) is 17.2 Å². The minimum absolute atomic E-state index is 0.0832. The zero-order valence-corrected chi connectivity index (χ0v) is 13.9. The van der Waals surface area contributed by atoms with Crippen molar-refractivity contribution in [1.82, 2.24) is 0 Å². The second-order valence-corrected chi connectivity index (χ2v) is 6.01. The number of fused-ring (bicyclic) bond motifs is 1. The van der Waals surface area contributed by atoms with E-state index in [4.69, 9.17) is 14.6 Å². The lowest BCUT2D eigenvalue weighted by Gasteiger charge is -2.27. The van der Waals surface area contributed by atoms with Crippen LogP contribution in [-0.2, 0) is 4.79 Å². The van der Waals surface area contributed by atoms with Crippen molar-refractivity contribution < 1.29 is 32.5 Å². The molecule has 0 unspecified atom stereocenters. The lowest BCUT2D eigenvalue weighted by molar-refractivity contribution is -0.187. The molecule has 0 spiro atoms. The highest BCUT2D eigenvalue weighted by atomic mass is 19.4. The third-order valence-corrected chi connectivity index (χ3v) is 3.94. The molecule has 1 aliphatic heterocycles. The number of hydrogen-bond donors (Lipinski definition) is 1. The molecule has 2 aromatic carbocycles. The van der Waals surface area contributed by atoms with Crippen molar-refractivity contribution >= 4 is 12.0 Å². The first-order valence-electron chi connectivity index (χ1n) is 7.72. The number of alkyl halides is 3. The zero-order chi connectivity index (χ0) is 19.1. The van der Waals surface area contributed by atoms with Gasteiger partial charge < -0.3 is 14.6 Å². The molecule has 1 heterocycles. The van der Waals surface area contributed by atoms with E-state index in [1.54, 1.807) is 6.07 Å². The number of aryl methyl sites for hydroxylation is 2. The number of carbonyl (C=O) groups is 1. The molecule has 7 heteroatoms. The van der Waals surface area contributed by atoms with Gasteiger partial charge in [-0.25, -0.2) is 4.79 Å². The molecule has 1 N–H and O–H groups in total. The van der Waals surface area contributed by atoms with Gasteiger partial charge in [-0.1, -0.05) is 12.1 Å². The van der Waals surface area contributed by atoms with Gasteiger partial charge in [-0.15, -0.1) is 0 Å². The van der Waals surface area contributed by atoms with Crippen LogP contribution in [0.15, 0.2) is 42.0 Å². The molecular formula is C19H15F3O4. The molecule has 0 bridgehead atoms. The monoisotopic (exact) mass is 364 g/mol. The second-order valence-electron chi connectivity index (χ2n) is 6.01. The van der Waals surface area contributed by atoms with Crippen molar-refractivity contribution in [3.63, 3.8) is 0 Å². The second kappa shape index (κ2) is 6.40. The normalized spacial score (nSPS) is 16.3. The van der Waals surface area contributed by atoms with Gasteiger partial charge in [0, 0.05) is 11.6 Å². The van der Waals surface area contributed by atoms with E-state index in [1.165, 1.54) is 12.1 Å². The van der Waals surface area contributed by atoms with Crippen LogP contribution in [0.1, 0.15) is 16.7 Å². The summed E-state index contributed by atoms with van der Waals surface area (Å²) in [6, 6.07) is 9.95. The van der Waals surface area contributed by atoms with Crippen molar-refractivity contribution in [3.05, 3.63) is 58.7 Å². The Labute approximate surface area is 147 Å². The van der Waals surface area contributed by atoms with Crippen LogP contribution < -0.4 is 9.47 Å². The molecule has 0 amide bonds. The molecule has 0 aromatic heterocycles. The molecule has 1 atom stereocenters. The molecule has 2 aromatic rings. The van der Waals surface area contributed by atoms with Gasteiger partial charge in [0.1, 0.15) is 17.2 Å². The van der Waals surface area contributed by atoms with Gasteiger partial charge in [-0.2, -0.15) is 13.2 Å². The van der Waals surface area contributed by atoms with E-state index >= 15 is 0 Å². The van der Waals surface area contributed by atoms with Crippen molar-refractivity contribution in [2.24, 2.45) is 0 Å². The third kappa shape index (κ3) is 3.51. The standard InChI is InChI=1S/C19H15F3O4/c1-10-3-4-11(2)15(7-10)25-13-6-5-12-8-14(18(23)24)17(19(20,21)22)26-16(12)9-13/h3-9,17H,1-2H3,(H,23,24)/t17-/m0/s1. The minimum Gasteiger partial charge on any atom is -0.478 e. The van der Waals surface area contributed by atoms with Gasteiger partial charge in [0.15, 0.2) is 0 Å². The Morgan fingerprint density at radius 1 is 1.15 bits per heavy atom. The number of carboxylic acid groups (broad SMARTS) is 1. The largest absolute Gasteiger partial charge is 0.478 e. The number of ether oxygens (including phenoxy) is 2. The smallest absolute Gasteiger partial charge is 0.430 e. The lowest BCUT2D eigenvalue weighted by Crippen LogP contribution is -2.40. The number of carboxylic acids is 1. The fourth-order valence-electron chi connectivity index (χ4n) is 2.59. The van der Waals surface area contributed by atoms with Crippen molar-refractivity contribution in [2.75, 3.05) is 0 Å². The molecule has 136 valence electrons. The van der Waals surface area contributed by atoms with E-state index < -0.39 is 23.8 Å². The first-order chi connectivity index (χ1) is 12.1. The highest BCUT2D eigenvalue weighted by Gasteiger charge is 2.48. The van der Waals surface area contributed by atoms with Crippen LogP contribution in [0.25, 0.3) is 6.08 Å². The maximum atomic E-state index is 13.1. The minimum atomic E-state index is -4.84. The molecule has 4 nitrogen and oxygen atoms in total. The maximum absolute atomic E-state index is 13.1. The molecule has 0 radical (unpaired) electrons. The van der Waals surface area contributed by atoms with Crippen LogP contribution in [0.4, 0.5) is 13.2 Å². The Morgan fingerprint density at radius 2 is 1.88 bits per heavy atom. The van der Waals surface area contributed by atoms with Crippen molar-refractivity contribution in [1.29, 1.82) is 0 Å². The van der Waals surface area contributed by atoms with E-state index in [2.05, 4.69) is 0 Å². The van der Waals surface area contributed by atoms with Crippen molar-refractivity contribution in [2.45, 2.75) is 26.1 Å². The molecule has 0 fully saturated rings. The van der Waals surface area contributed by atoms with E-state index in [1.807, 2.05) is 32.0 Å². The summed E-state index contributed by atoms with van der Waals surface area (Å²) in [5.41, 5.74) is 1.24. The van der Waals surface area contributed by atoms with Crippen LogP contribution >= 0.6 is 0 Å². The van der Waals surface area contributed by atoms with Crippen LogP contribution in [-0.4, -0.2) is 23.4 Å². The van der Waals surface area contributed by atoms with Gasteiger partial charge in [0.05, 0.1) is 5.57 Å². The summed E-state index contributed by atoms with van der Waals surface area (Å²) < 4.78 is 50.1. The molecule has 0 aliphatic carbocycles. The SMILES string of the molecule is Cc1ccc(C)c(Oc2ccc3c(c2)O[C@H](C(F)(F)F)C(C(=O)O)=C3)c1. The summed E-state index contributed by atoms with van der Waals surface area (Å²) >= 11 is 0. The number of benzene rings is 2. The van der Waals surface area contributed by atoms with Gasteiger partial charge in [-0.05, 0) is 49.2 Å². The van der Waals surface area contributed by atoms with Crippen LogP contribution in [0, 0.1) is 13.8 Å². The van der Waals surface area contributed by atoms with E-state index in [0.29, 0.717) is 11.5 Å². The number of halogens is 3. The predicted octanol–water partition coefficient (Wildman–Crippen LogP) is 4.89. The summed E-state index contributed by atoms with van der Waals surface area (Å²) in [5, 5.41) is 9.03. The summed E-state index contributed by atoms with van der Waals surface area (Å²) in [4.78, 5) is 11.1. The van der Waals surface area contributed by atoms with Gasteiger partial charge in [-0.3, -0.25) is 0 Å². The highest BCUT2D eigenvalue weighted by Crippen LogP contribution is 2.39. The van der Waals surface area contributed by atoms with Crippen LogP contribution in [0.3, 0.4) is 0 Å². The Bertz CT molecular complexity index is 900. The lowest BCUT2D eigenvalue weighted by atomic mass is 10.0. The quantitative estimate of drug-likeness (QED) is 0.843. The Balaban J connectivity index is 1.97. The van der Waals surface area contributed by atoms with E-state index in [9.17, 15) is 18.0 Å². The molecule has 1 aliphatic rings. The Hall–Kier alpha value is -2.96. The summed E-state index contributed by atoms with van der Waals surface area (Å²) in [5.74, 6) is -0.880. The Morgan fingerprint density at radius 3 is 2.54 bits per heavy atom. The first-order valence-corrected chi connectivity index (χ1v) is 7.72. The van der Waals surface area contributed by atoms with Crippen molar-refractivity contribution in [3.8, 4) is 17.2 Å². The summed E-state index contributed by atoms with van der Waals surface area (Å²) in [6.45, 7) is 3.75. The third-order valence-electron chi connectivity index (χ3n) is 3.94. The summed E-state index contributed by atoms with van der Waals surface area (Å²) in [6.07, 6.45) is -6.39. The topological polar surface area (TPSA) is 55.8 Å². The van der Waals surface area contributed by atoms with Gasteiger partial charge in [0.2, 0.25) is 6.10 Å². The first kappa shape index (κ1) is 17.8. The number of hydrogen-bond acceptors (Lipinski definition) is 3. The highest BCUT2D eigenvalue weighted by molar-refractivity contribution is 5.95. The molecular weight excluding hydrogens is 349 g/mol. The number of aliphatic carboxylic acids is 1. The predicted molar refractivity (Wildman–Crippen MR) is 88.5 cm³/mol. The van der Waals surface area contributed by atoms with Crippen LogP contribution in [0.2, 0.25) is 0 Å². The van der Waals surface area contributed by atoms with Gasteiger partial charge in [0.25, 0.3) is 0 Å². The Kier molecular flexibility index (Phi) is 4.39.